The summed E-state index contributed by atoms with van der Waals surface area (Å²) in [6.45, 7) is 0. The molecule has 0 atom stereocenters. The maximum absolute atomic E-state index is 13.9. The average Bonchev–Trinajstić information content (AvgIpc) is 2.44. The fraction of sp³-hybridized carbons (Fsp3) is 0. The summed E-state index contributed by atoms with van der Waals surface area (Å²) in [7, 11) is 0. The Morgan fingerprint density at radius 3 is 2.37 bits per heavy atom. The summed E-state index contributed by atoms with van der Waals surface area (Å²) < 4.78 is 14.4. The third kappa shape index (κ3) is 2.00. The normalized spacial score (nSPS) is 10.8. The van der Waals surface area contributed by atoms with Crippen LogP contribution in [0.4, 0.5) is 4.39 Å². The van der Waals surface area contributed by atoms with Crippen LogP contribution in [0.25, 0.3) is 21.9 Å². The highest BCUT2D eigenvalue weighted by Gasteiger charge is 2.14. The van der Waals surface area contributed by atoms with Gasteiger partial charge in [-0.2, -0.15) is 0 Å². The van der Waals surface area contributed by atoms with E-state index in [-0.39, 0.29) is 11.6 Å². The zero-order valence-electron chi connectivity index (χ0n) is 9.90. The van der Waals surface area contributed by atoms with Gasteiger partial charge in [0.1, 0.15) is 11.6 Å². The van der Waals surface area contributed by atoms with Crippen LogP contribution in [0.3, 0.4) is 0 Å². The molecule has 0 saturated heterocycles. The molecule has 0 aromatic heterocycles. The summed E-state index contributed by atoms with van der Waals surface area (Å²) in [6, 6.07) is 15.9. The summed E-state index contributed by atoms with van der Waals surface area (Å²) in [6.07, 6.45) is 0. The van der Waals surface area contributed by atoms with Crippen molar-refractivity contribution >= 4 is 26.7 Å². The molecule has 0 spiro atoms. The van der Waals surface area contributed by atoms with Gasteiger partial charge in [-0.1, -0.05) is 42.5 Å². The predicted molar refractivity (Wildman–Crippen MR) is 78.7 cm³/mol. The van der Waals surface area contributed by atoms with Crippen molar-refractivity contribution in [3.05, 3.63) is 64.9 Å². The van der Waals surface area contributed by atoms with Crippen LogP contribution >= 0.6 is 15.9 Å². The summed E-state index contributed by atoms with van der Waals surface area (Å²) in [5, 5.41) is 12.1. The van der Waals surface area contributed by atoms with E-state index in [1.165, 1.54) is 6.07 Å². The van der Waals surface area contributed by atoms with E-state index in [1.807, 2.05) is 24.3 Å². The zero-order chi connectivity index (χ0) is 13.4. The Balaban J connectivity index is 2.37. The standard InChI is InChI=1S/C16H10BrFO/c17-15-11-6-2-1-5-10(11)9-13(16(15)19)12-7-3-4-8-14(12)18/h1-9,19H. The molecule has 1 N–H and O–H groups in total. The zero-order valence-corrected chi connectivity index (χ0v) is 11.5. The van der Waals surface area contributed by atoms with Crippen molar-refractivity contribution in [2.24, 2.45) is 0 Å². The molecule has 1 nitrogen and oxygen atoms in total. The van der Waals surface area contributed by atoms with Gasteiger partial charge in [-0.15, -0.1) is 0 Å². The second-order valence-corrected chi connectivity index (χ2v) is 5.08. The summed E-state index contributed by atoms with van der Waals surface area (Å²) in [5.41, 5.74) is 0.884. The van der Waals surface area contributed by atoms with Gasteiger partial charge in [-0.25, -0.2) is 4.39 Å². The predicted octanol–water partition coefficient (Wildman–Crippen LogP) is 5.11. The molecule has 3 aromatic rings. The Morgan fingerprint density at radius 2 is 1.58 bits per heavy atom. The molecule has 0 bridgehead atoms. The summed E-state index contributed by atoms with van der Waals surface area (Å²) in [5.74, 6) is -0.288. The maximum Gasteiger partial charge on any atom is 0.138 e. The Hall–Kier alpha value is -1.87. The number of aromatic hydroxyl groups is 1. The minimum atomic E-state index is -0.347. The van der Waals surface area contributed by atoms with Crippen LogP contribution in [0.2, 0.25) is 0 Å². The van der Waals surface area contributed by atoms with E-state index in [0.29, 0.717) is 15.6 Å². The highest BCUT2D eigenvalue weighted by atomic mass is 79.9. The molecule has 0 aliphatic carbocycles. The number of fused-ring (bicyclic) bond motifs is 1. The Bertz CT molecular complexity index is 768. The second-order valence-electron chi connectivity index (χ2n) is 4.29. The molecule has 0 unspecified atom stereocenters. The molecule has 0 aliphatic heterocycles. The number of hydrogen-bond donors (Lipinski definition) is 1. The van der Waals surface area contributed by atoms with Crippen molar-refractivity contribution in [3.63, 3.8) is 0 Å². The van der Waals surface area contributed by atoms with Crippen molar-refractivity contribution < 1.29 is 9.50 Å². The molecular formula is C16H10BrFO. The Labute approximate surface area is 118 Å². The molecule has 0 radical (unpaired) electrons. The smallest absolute Gasteiger partial charge is 0.138 e. The highest BCUT2D eigenvalue weighted by Crippen LogP contribution is 2.41. The van der Waals surface area contributed by atoms with Crippen molar-refractivity contribution in [2.45, 2.75) is 0 Å². The first-order valence-corrected chi connectivity index (χ1v) is 6.63. The molecule has 3 aromatic carbocycles. The van der Waals surface area contributed by atoms with Crippen LogP contribution in [0.15, 0.2) is 59.1 Å². The van der Waals surface area contributed by atoms with Crippen LogP contribution in [0.1, 0.15) is 0 Å². The topological polar surface area (TPSA) is 20.2 Å². The van der Waals surface area contributed by atoms with Crippen molar-refractivity contribution in [3.8, 4) is 16.9 Å². The first kappa shape index (κ1) is 12.2. The molecule has 0 saturated carbocycles. The third-order valence-electron chi connectivity index (χ3n) is 3.12. The molecule has 19 heavy (non-hydrogen) atoms. The Morgan fingerprint density at radius 1 is 0.895 bits per heavy atom. The molecule has 0 amide bonds. The van der Waals surface area contributed by atoms with E-state index in [0.717, 1.165) is 10.8 Å². The molecule has 3 heteroatoms. The fourth-order valence-corrected chi connectivity index (χ4v) is 2.75. The van der Waals surface area contributed by atoms with E-state index in [9.17, 15) is 9.50 Å². The average molecular weight is 317 g/mol. The van der Waals surface area contributed by atoms with E-state index < -0.39 is 0 Å². The van der Waals surface area contributed by atoms with Crippen molar-refractivity contribution in [2.75, 3.05) is 0 Å². The lowest BCUT2D eigenvalue weighted by molar-refractivity contribution is 0.474. The minimum Gasteiger partial charge on any atom is -0.506 e. The number of phenolic OH excluding ortho intramolecular Hbond substituents is 1. The lowest BCUT2D eigenvalue weighted by atomic mass is 9.99. The first-order chi connectivity index (χ1) is 9.18. The van der Waals surface area contributed by atoms with Gasteiger partial charge in [0.2, 0.25) is 0 Å². The van der Waals surface area contributed by atoms with Crippen LogP contribution in [-0.2, 0) is 0 Å². The number of phenols is 1. The highest BCUT2D eigenvalue weighted by molar-refractivity contribution is 9.10. The lowest BCUT2D eigenvalue weighted by Crippen LogP contribution is -1.87. The van der Waals surface area contributed by atoms with Gasteiger partial charge in [0.15, 0.2) is 0 Å². The van der Waals surface area contributed by atoms with Crippen LogP contribution < -0.4 is 0 Å². The van der Waals surface area contributed by atoms with Gasteiger partial charge in [0.05, 0.1) is 4.47 Å². The van der Waals surface area contributed by atoms with Gasteiger partial charge in [-0.3, -0.25) is 0 Å². The van der Waals surface area contributed by atoms with E-state index in [4.69, 9.17) is 0 Å². The first-order valence-electron chi connectivity index (χ1n) is 5.83. The minimum absolute atomic E-state index is 0.0591. The maximum atomic E-state index is 13.9. The van der Waals surface area contributed by atoms with E-state index in [2.05, 4.69) is 15.9 Å². The molecule has 0 aliphatic rings. The molecule has 0 fully saturated rings. The lowest BCUT2D eigenvalue weighted by Gasteiger charge is -2.10. The number of benzene rings is 3. The monoisotopic (exact) mass is 316 g/mol. The van der Waals surface area contributed by atoms with Crippen LogP contribution in [0.5, 0.6) is 5.75 Å². The van der Waals surface area contributed by atoms with Gasteiger partial charge in [0.25, 0.3) is 0 Å². The fourth-order valence-electron chi connectivity index (χ4n) is 2.18. The van der Waals surface area contributed by atoms with Gasteiger partial charge in [0, 0.05) is 11.1 Å². The van der Waals surface area contributed by atoms with Crippen molar-refractivity contribution in [1.82, 2.24) is 0 Å². The number of hydrogen-bond acceptors (Lipinski definition) is 1. The molecular weight excluding hydrogens is 307 g/mol. The van der Waals surface area contributed by atoms with Gasteiger partial charge < -0.3 is 5.11 Å². The van der Waals surface area contributed by atoms with E-state index >= 15 is 0 Å². The molecule has 3 rings (SSSR count). The van der Waals surface area contributed by atoms with E-state index in [1.54, 1.807) is 24.3 Å². The van der Waals surface area contributed by atoms with Crippen molar-refractivity contribution in [1.29, 1.82) is 0 Å². The summed E-state index contributed by atoms with van der Waals surface area (Å²) >= 11 is 3.38. The number of halogens is 2. The second kappa shape index (κ2) is 4.67. The van der Waals surface area contributed by atoms with Gasteiger partial charge >= 0.3 is 0 Å². The van der Waals surface area contributed by atoms with Gasteiger partial charge in [-0.05, 0) is 38.8 Å². The molecule has 94 valence electrons. The summed E-state index contributed by atoms with van der Waals surface area (Å²) in [4.78, 5) is 0. The van der Waals surface area contributed by atoms with Crippen LogP contribution in [-0.4, -0.2) is 5.11 Å². The van der Waals surface area contributed by atoms with Crippen LogP contribution in [0, 0.1) is 5.82 Å². The number of rotatable bonds is 1. The largest absolute Gasteiger partial charge is 0.506 e. The SMILES string of the molecule is Oc1c(-c2ccccc2F)cc2ccccc2c1Br. The third-order valence-corrected chi connectivity index (χ3v) is 3.93. The Kier molecular flexibility index (Phi) is 2.99. The molecule has 0 heterocycles. The quantitative estimate of drug-likeness (QED) is 0.661.